The largest absolute Gasteiger partial charge is 0.481 e. The van der Waals surface area contributed by atoms with Gasteiger partial charge in [0.1, 0.15) is 6.04 Å². The van der Waals surface area contributed by atoms with Gasteiger partial charge in [-0.25, -0.2) is 4.79 Å². The zero-order chi connectivity index (χ0) is 14.6. The lowest BCUT2D eigenvalue weighted by Gasteiger charge is -2.26. The van der Waals surface area contributed by atoms with Crippen LogP contribution in [0.1, 0.15) is 33.1 Å². The van der Waals surface area contributed by atoms with E-state index in [1.54, 1.807) is 13.8 Å². The molecule has 0 aromatic rings. The van der Waals surface area contributed by atoms with Crippen LogP contribution in [0.2, 0.25) is 0 Å². The van der Waals surface area contributed by atoms with Crippen LogP contribution in [0.3, 0.4) is 0 Å². The van der Waals surface area contributed by atoms with E-state index in [0.29, 0.717) is 0 Å². The lowest BCUT2D eigenvalue weighted by atomic mass is 10.0. The molecule has 1 aliphatic rings. The van der Waals surface area contributed by atoms with Crippen molar-refractivity contribution in [3.05, 3.63) is 0 Å². The van der Waals surface area contributed by atoms with Gasteiger partial charge in [-0.3, -0.25) is 9.59 Å². The second-order valence-corrected chi connectivity index (χ2v) is 5.14. The van der Waals surface area contributed by atoms with Gasteiger partial charge in [-0.1, -0.05) is 13.8 Å². The van der Waals surface area contributed by atoms with Gasteiger partial charge in [0, 0.05) is 12.6 Å². The number of hydrogen-bond acceptors (Lipinski definition) is 3. The molecule has 7 nitrogen and oxygen atoms in total. The summed E-state index contributed by atoms with van der Waals surface area (Å²) >= 11 is 0. The number of carboxylic acid groups (broad SMARTS) is 1. The lowest BCUT2D eigenvalue weighted by Crippen LogP contribution is -2.53. The minimum absolute atomic E-state index is 0.0834. The molecule has 0 aliphatic heterocycles. The number of aliphatic carboxylic acids is 1. The Morgan fingerprint density at radius 1 is 1.37 bits per heavy atom. The molecule has 4 N–H and O–H groups in total. The van der Waals surface area contributed by atoms with E-state index in [1.165, 1.54) is 4.90 Å². The van der Waals surface area contributed by atoms with Gasteiger partial charge in [0.15, 0.2) is 0 Å². The van der Waals surface area contributed by atoms with Crippen LogP contribution in [-0.4, -0.2) is 46.5 Å². The highest BCUT2D eigenvalue weighted by Crippen LogP contribution is 2.27. The Morgan fingerprint density at radius 2 is 1.95 bits per heavy atom. The molecule has 19 heavy (non-hydrogen) atoms. The number of nitrogens with zero attached hydrogens (tertiary/aromatic N) is 1. The minimum atomic E-state index is -0.950. The van der Waals surface area contributed by atoms with Crippen LogP contribution in [0, 0.1) is 5.92 Å². The van der Waals surface area contributed by atoms with Crippen molar-refractivity contribution < 1.29 is 19.5 Å². The normalized spacial score (nSPS) is 15.9. The molecule has 1 unspecified atom stereocenters. The van der Waals surface area contributed by atoms with Crippen molar-refractivity contribution in [2.75, 3.05) is 6.54 Å². The van der Waals surface area contributed by atoms with Crippen LogP contribution in [0.4, 0.5) is 4.79 Å². The van der Waals surface area contributed by atoms with Crippen molar-refractivity contribution in [2.45, 2.75) is 45.2 Å². The van der Waals surface area contributed by atoms with E-state index in [0.717, 1.165) is 12.8 Å². The van der Waals surface area contributed by atoms with Crippen molar-refractivity contribution in [1.29, 1.82) is 0 Å². The van der Waals surface area contributed by atoms with Crippen molar-refractivity contribution in [2.24, 2.45) is 11.7 Å². The second-order valence-electron chi connectivity index (χ2n) is 5.14. The average molecular weight is 271 g/mol. The van der Waals surface area contributed by atoms with Crippen LogP contribution >= 0.6 is 0 Å². The maximum atomic E-state index is 12.1. The van der Waals surface area contributed by atoms with E-state index in [4.69, 9.17) is 10.8 Å². The highest BCUT2D eigenvalue weighted by Gasteiger charge is 2.34. The number of carboxylic acids is 1. The first-order chi connectivity index (χ1) is 8.82. The Morgan fingerprint density at radius 3 is 2.32 bits per heavy atom. The number of urea groups is 1. The van der Waals surface area contributed by atoms with Crippen molar-refractivity contribution in [1.82, 2.24) is 10.2 Å². The molecule has 0 bridgehead atoms. The summed E-state index contributed by atoms with van der Waals surface area (Å²) in [4.78, 5) is 35.4. The number of amides is 3. The van der Waals surface area contributed by atoms with Gasteiger partial charge in [-0.2, -0.15) is 0 Å². The van der Waals surface area contributed by atoms with Crippen molar-refractivity contribution in [3.8, 4) is 0 Å². The number of carbonyl (C=O) groups is 3. The Balaban J connectivity index is 2.60. The molecule has 1 fully saturated rings. The first-order valence-corrected chi connectivity index (χ1v) is 6.41. The summed E-state index contributed by atoms with van der Waals surface area (Å²) in [5.41, 5.74) is 5.23. The van der Waals surface area contributed by atoms with Gasteiger partial charge < -0.3 is 21.1 Å². The molecule has 108 valence electrons. The third kappa shape index (κ3) is 4.76. The fourth-order valence-corrected chi connectivity index (χ4v) is 1.83. The number of nitrogens with one attached hydrogen (secondary N) is 1. The predicted molar refractivity (Wildman–Crippen MR) is 68.3 cm³/mol. The smallest absolute Gasteiger partial charge is 0.318 e. The number of hydrogen-bond donors (Lipinski definition) is 3. The Kier molecular flexibility index (Phi) is 5.14. The van der Waals surface area contributed by atoms with Crippen LogP contribution < -0.4 is 11.1 Å². The average Bonchev–Trinajstić information content (AvgIpc) is 3.09. The van der Waals surface area contributed by atoms with E-state index in [-0.39, 0.29) is 24.9 Å². The Hall–Kier alpha value is -1.79. The first-order valence-electron chi connectivity index (χ1n) is 6.41. The van der Waals surface area contributed by atoms with Crippen LogP contribution in [-0.2, 0) is 9.59 Å². The number of rotatable bonds is 7. The maximum Gasteiger partial charge on any atom is 0.318 e. The van der Waals surface area contributed by atoms with E-state index >= 15 is 0 Å². The monoisotopic (exact) mass is 271 g/mol. The zero-order valence-electron chi connectivity index (χ0n) is 11.3. The fourth-order valence-electron chi connectivity index (χ4n) is 1.83. The Labute approximate surface area is 112 Å². The van der Waals surface area contributed by atoms with E-state index in [9.17, 15) is 14.4 Å². The summed E-state index contributed by atoms with van der Waals surface area (Å²) in [5.74, 6) is -1.65. The summed E-state index contributed by atoms with van der Waals surface area (Å²) in [6.07, 6.45) is 1.64. The molecule has 1 saturated carbocycles. The van der Waals surface area contributed by atoms with Gasteiger partial charge in [0.25, 0.3) is 0 Å². The summed E-state index contributed by atoms with van der Waals surface area (Å²) < 4.78 is 0. The summed E-state index contributed by atoms with van der Waals surface area (Å²) in [7, 11) is 0. The topological polar surface area (TPSA) is 113 Å². The third-order valence-electron chi connectivity index (χ3n) is 3.07. The molecule has 7 heteroatoms. The highest BCUT2D eigenvalue weighted by molar-refractivity contribution is 5.86. The second kappa shape index (κ2) is 6.40. The van der Waals surface area contributed by atoms with Gasteiger partial charge in [0.2, 0.25) is 5.91 Å². The quantitative estimate of drug-likeness (QED) is 0.611. The molecule has 0 spiro atoms. The zero-order valence-corrected chi connectivity index (χ0v) is 11.3. The molecule has 0 aromatic heterocycles. The standard InChI is InChI=1S/C12H21N3O4/c1-7(2)10(11(13)18)14-12(19)15(8-3-4-8)6-5-9(16)17/h7-8,10H,3-6H2,1-2H3,(H2,13,18)(H,14,19)(H,16,17). The molecule has 0 aromatic carbocycles. The van der Waals surface area contributed by atoms with Gasteiger partial charge in [-0.15, -0.1) is 0 Å². The summed E-state index contributed by atoms with van der Waals surface area (Å²) in [5, 5.41) is 11.3. The third-order valence-corrected chi connectivity index (χ3v) is 3.07. The molecule has 3 amide bonds. The van der Waals surface area contributed by atoms with Gasteiger partial charge in [0.05, 0.1) is 6.42 Å². The predicted octanol–water partition coefficient (Wildman–Crippen LogP) is 0.145. The molecule has 1 atom stereocenters. The maximum absolute atomic E-state index is 12.1. The van der Waals surface area contributed by atoms with Crippen LogP contribution in [0.15, 0.2) is 0 Å². The molecular weight excluding hydrogens is 250 g/mol. The highest BCUT2D eigenvalue weighted by atomic mass is 16.4. The minimum Gasteiger partial charge on any atom is -0.481 e. The van der Waals surface area contributed by atoms with Crippen LogP contribution in [0.5, 0.6) is 0 Å². The van der Waals surface area contributed by atoms with E-state index < -0.39 is 23.9 Å². The van der Waals surface area contributed by atoms with E-state index in [1.807, 2.05) is 0 Å². The fraction of sp³-hybridized carbons (Fsp3) is 0.750. The molecule has 1 aliphatic carbocycles. The van der Waals surface area contributed by atoms with E-state index in [2.05, 4.69) is 5.32 Å². The molecule has 0 radical (unpaired) electrons. The molecule has 0 heterocycles. The number of nitrogens with two attached hydrogens (primary N) is 1. The number of primary amides is 1. The van der Waals surface area contributed by atoms with Crippen molar-refractivity contribution >= 4 is 17.9 Å². The molecule has 0 saturated heterocycles. The summed E-state index contributed by atoms with van der Waals surface area (Å²) in [6, 6.07) is -1.07. The first kappa shape index (κ1) is 15.3. The summed E-state index contributed by atoms with van der Waals surface area (Å²) in [6.45, 7) is 3.72. The van der Waals surface area contributed by atoms with Gasteiger partial charge >= 0.3 is 12.0 Å². The Bertz CT molecular complexity index is 366. The van der Waals surface area contributed by atoms with Gasteiger partial charge in [-0.05, 0) is 18.8 Å². The SMILES string of the molecule is CC(C)C(NC(=O)N(CCC(=O)O)C1CC1)C(N)=O. The molecule has 1 rings (SSSR count). The lowest BCUT2D eigenvalue weighted by molar-refractivity contribution is -0.137. The van der Waals surface area contributed by atoms with Crippen LogP contribution in [0.25, 0.3) is 0 Å². The van der Waals surface area contributed by atoms with Crippen molar-refractivity contribution in [3.63, 3.8) is 0 Å². The number of carbonyl (C=O) groups excluding carboxylic acids is 2. The molecular formula is C12H21N3O4.